The van der Waals surface area contributed by atoms with Crippen LogP contribution in [0, 0.1) is 0 Å². The molecule has 1 N–H and O–H groups in total. The summed E-state index contributed by atoms with van der Waals surface area (Å²) in [5, 5.41) is 9.05. The standard InChI is InChI=1S/C9H16ClNO2/c1-8(2)5-13-7(11-8)6(10)9(3,4)12/h6,12H,5H2,1-4H3. The van der Waals surface area contributed by atoms with Gasteiger partial charge in [-0.1, -0.05) is 0 Å². The summed E-state index contributed by atoms with van der Waals surface area (Å²) in [6, 6.07) is 0. The van der Waals surface area contributed by atoms with E-state index in [2.05, 4.69) is 4.99 Å². The van der Waals surface area contributed by atoms with E-state index in [-0.39, 0.29) is 5.54 Å². The lowest BCUT2D eigenvalue weighted by molar-refractivity contribution is 0.0857. The minimum absolute atomic E-state index is 0.215. The first-order chi connectivity index (χ1) is 5.72. The van der Waals surface area contributed by atoms with Crippen LogP contribution in [0.1, 0.15) is 27.7 Å². The largest absolute Gasteiger partial charge is 0.477 e. The van der Waals surface area contributed by atoms with E-state index in [1.165, 1.54) is 0 Å². The maximum atomic E-state index is 9.62. The lowest BCUT2D eigenvalue weighted by Gasteiger charge is -2.22. The van der Waals surface area contributed by atoms with E-state index in [4.69, 9.17) is 16.3 Å². The average Bonchev–Trinajstić information content (AvgIpc) is 2.26. The molecule has 76 valence electrons. The minimum Gasteiger partial charge on any atom is -0.477 e. The fourth-order valence-corrected chi connectivity index (χ4v) is 1.16. The monoisotopic (exact) mass is 205 g/mol. The molecule has 0 aromatic rings. The van der Waals surface area contributed by atoms with Crippen LogP contribution in [0.25, 0.3) is 0 Å². The summed E-state index contributed by atoms with van der Waals surface area (Å²) in [6.45, 7) is 7.74. The molecule has 0 bridgehead atoms. The second kappa shape index (κ2) is 3.14. The first-order valence-corrected chi connectivity index (χ1v) is 4.75. The molecule has 13 heavy (non-hydrogen) atoms. The Kier molecular flexibility index (Phi) is 2.61. The first kappa shape index (κ1) is 10.8. The Morgan fingerprint density at radius 2 is 2.15 bits per heavy atom. The predicted molar refractivity (Wildman–Crippen MR) is 53.4 cm³/mol. The number of aliphatic imine (C=N–C) groups is 1. The molecule has 0 saturated carbocycles. The zero-order valence-corrected chi connectivity index (χ0v) is 9.22. The van der Waals surface area contributed by atoms with Crippen molar-refractivity contribution in [2.24, 2.45) is 4.99 Å². The number of rotatable bonds is 2. The van der Waals surface area contributed by atoms with E-state index in [0.717, 1.165) is 0 Å². The maximum Gasteiger partial charge on any atom is 0.205 e. The van der Waals surface area contributed by atoms with E-state index in [1.807, 2.05) is 13.8 Å². The number of hydrogen-bond acceptors (Lipinski definition) is 3. The lowest BCUT2D eigenvalue weighted by Crippen LogP contribution is -2.38. The van der Waals surface area contributed by atoms with Crippen molar-refractivity contribution in [3.63, 3.8) is 0 Å². The van der Waals surface area contributed by atoms with Crippen LogP contribution < -0.4 is 0 Å². The molecule has 1 aliphatic heterocycles. The Morgan fingerprint density at radius 1 is 1.62 bits per heavy atom. The van der Waals surface area contributed by atoms with Gasteiger partial charge in [0.15, 0.2) is 0 Å². The molecule has 1 rings (SSSR count). The lowest BCUT2D eigenvalue weighted by atomic mass is 10.1. The van der Waals surface area contributed by atoms with Gasteiger partial charge >= 0.3 is 0 Å². The average molecular weight is 206 g/mol. The van der Waals surface area contributed by atoms with Crippen LogP contribution in [-0.2, 0) is 4.74 Å². The molecule has 0 aliphatic carbocycles. The normalized spacial score (nSPS) is 23.7. The Balaban J connectivity index is 2.76. The summed E-state index contributed by atoms with van der Waals surface area (Å²) in [5.74, 6) is 0.444. The van der Waals surface area contributed by atoms with Gasteiger partial charge in [0, 0.05) is 0 Å². The van der Waals surface area contributed by atoms with E-state index in [9.17, 15) is 5.11 Å². The molecule has 0 aromatic heterocycles. The van der Waals surface area contributed by atoms with Gasteiger partial charge in [-0.2, -0.15) is 0 Å². The van der Waals surface area contributed by atoms with Crippen molar-refractivity contribution in [1.29, 1.82) is 0 Å². The number of halogens is 1. The topological polar surface area (TPSA) is 41.8 Å². The van der Waals surface area contributed by atoms with Gasteiger partial charge in [0.1, 0.15) is 12.0 Å². The number of nitrogens with zero attached hydrogens (tertiary/aromatic N) is 1. The summed E-state index contributed by atoms with van der Waals surface area (Å²) < 4.78 is 5.31. The van der Waals surface area contributed by atoms with Gasteiger partial charge in [0.2, 0.25) is 5.90 Å². The van der Waals surface area contributed by atoms with Gasteiger partial charge in [-0.3, -0.25) is 0 Å². The number of aliphatic hydroxyl groups is 1. The van der Waals surface area contributed by atoms with Crippen LogP contribution in [0.5, 0.6) is 0 Å². The van der Waals surface area contributed by atoms with Gasteiger partial charge in [0.05, 0.1) is 11.1 Å². The van der Waals surface area contributed by atoms with Gasteiger partial charge < -0.3 is 9.84 Å². The Hall–Kier alpha value is -0.280. The third-order valence-electron chi connectivity index (χ3n) is 1.82. The third-order valence-corrected chi connectivity index (χ3v) is 2.54. The minimum atomic E-state index is -0.999. The van der Waals surface area contributed by atoms with Crippen molar-refractivity contribution >= 4 is 17.5 Å². The molecular weight excluding hydrogens is 190 g/mol. The third kappa shape index (κ3) is 2.58. The number of hydrogen-bond donors (Lipinski definition) is 1. The smallest absolute Gasteiger partial charge is 0.205 e. The van der Waals surface area contributed by atoms with Crippen molar-refractivity contribution in [1.82, 2.24) is 0 Å². The summed E-state index contributed by atoms with van der Waals surface area (Å²) in [7, 11) is 0. The summed E-state index contributed by atoms with van der Waals surface area (Å²) in [4.78, 5) is 4.29. The predicted octanol–water partition coefficient (Wildman–Crippen LogP) is 1.57. The fourth-order valence-electron chi connectivity index (χ4n) is 1.05. The van der Waals surface area contributed by atoms with Crippen molar-refractivity contribution in [3.05, 3.63) is 0 Å². The highest BCUT2D eigenvalue weighted by molar-refractivity contribution is 6.31. The highest BCUT2D eigenvalue weighted by Crippen LogP contribution is 2.25. The molecule has 0 fully saturated rings. The van der Waals surface area contributed by atoms with Gasteiger partial charge in [0.25, 0.3) is 0 Å². The first-order valence-electron chi connectivity index (χ1n) is 4.31. The molecule has 0 spiro atoms. The van der Waals surface area contributed by atoms with Crippen molar-refractivity contribution in [3.8, 4) is 0 Å². The van der Waals surface area contributed by atoms with Crippen LogP contribution in [0.3, 0.4) is 0 Å². The number of alkyl halides is 1. The molecule has 1 unspecified atom stereocenters. The molecule has 1 heterocycles. The zero-order chi connectivity index (χ0) is 10.3. The Bertz CT molecular complexity index is 230. The molecule has 3 nitrogen and oxygen atoms in total. The molecular formula is C9H16ClNO2. The van der Waals surface area contributed by atoms with Crippen molar-refractivity contribution in [2.45, 2.75) is 44.2 Å². The van der Waals surface area contributed by atoms with Gasteiger partial charge in [-0.05, 0) is 27.7 Å². The van der Waals surface area contributed by atoms with Crippen LogP contribution in [0.2, 0.25) is 0 Å². The molecule has 0 aromatic carbocycles. The summed E-state index contributed by atoms with van der Waals surface area (Å²) in [6.07, 6.45) is 0. The fraction of sp³-hybridized carbons (Fsp3) is 0.889. The maximum absolute atomic E-state index is 9.62. The van der Waals surface area contributed by atoms with Gasteiger partial charge in [-0.15, -0.1) is 11.6 Å². The Morgan fingerprint density at radius 3 is 2.46 bits per heavy atom. The second-order valence-electron chi connectivity index (χ2n) is 4.57. The highest BCUT2D eigenvalue weighted by Gasteiger charge is 2.36. The van der Waals surface area contributed by atoms with Crippen LogP contribution in [-0.4, -0.2) is 34.1 Å². The van der Waals surface area contributed by atoms with Crippen LogP contribution >= 0.6 is 11.6 Å². The zero-order valence-electron chi connectivity index (χ0n) is 8.47. The summed E-state index contributed by atoms with van der Waals surface area (Å²) in [5.41, 5.74) is -1.21. The highest BCUT2D eigenvalue weighted by atomic mass is 35.5. The quantitative estimate of drug-likeness (QED) is 0.696. The SMILES string of the molecule is CC1(C)COC(C(Cl)C(C)(C)O)=N1. The molecule has 0 radical (unpaired) electrons. The van der Waals surface area contributed by atoms with E-state index < -0.39 is 11.0 Å². The molecule has 1 atom stereocenters. The number of ether oxygens (including phenoxy) is 1. The van der Waals surface area contributed by atoms with Crippen LogP contribution in [0.15, 0.2) is 4.99 Å². The molecule has 0 saturated heterocycles. The Labute approximate surface area is 83.8 Å². The van der Waals surface area contributed by atoms with Gasteiger partial charge in [-0.25, -0.2) is 4.99 Å². The van der Waals surface area contributed by atoms with Crippen molar-refractivity contribution < 1.29 is 9.84 Å². The second-order valence-corrected chi connectivity index (χ2v) is 5.00. The van der Waals surface area contributed by atoms with Crippen molar-refractivity contribution in [2.75, 3.05) is 6.61 Å². The molecule has 4 heteroatoms. The molecule has 0 amide bonds. The summed E-state index contributed by atoms with van der Waals surface area (Å²) >= 11 is 5.98. The van der Waals surface area contributed by atoms with Crippen LogP contribution in [0.4, 0.5) is 0 Å². The molecule has 1 aliphatic rings. The van der Waals surface area contributed by atoms with E-state index >= 15 is 0 Å². The van der Waals surface area contributed by atoms with E-state index in [0.29, 0.717) is 12.5 Å². The van der Waals surface area contributed by atoms with E-state index in [1.54, 1.807) is 13.8 Å².